The predicted octanol–water partition coefficient (Wildman–Crippen LogP) is 4.07. The van der Waals surface area contributed by atoms with Gasteiger partial charge in [-0.15, -0.1) is 0 Å². The molecule has 3 rings (SSSR count). The number of carbonyl (C=O) groups excluding carboxylic acids is 1. The Balaban J connectivity index is 1.69. The van der Waals surface area contributed by atoms with Crippen molar-refractivity contribution in [2.75, 3.05) is 17.7 Å². The lowest BCUT2D eigenvalue weighted by Crippen LogP contribution is -2.06. The van der Waals surface area contributed by atoms with E-state index in [1.54, 1.807) is 36.4 Å². The van der Waals surface area contributed by atoms with Crippen LogP contribution in [0.2, 0.25) is 0 Å². The molecule has 0 bridgehead atoms. The van der Waals surface area contributed by atoms with Crippen molar-refractivity contribution in [3.63, 3.8) is 0 Å². The number of aromatic nitrogens is 2. The van der Waals surface area contributed by atoms with E-state index in [0.717, 1.165) is 16.9 Å². The van der Waals surface area contributed by atoms with E-state index in [2.05, 4.69) is 25.3 Å². The summed E-state index contributed by atoms with van der Waals surface area (Å²) in [7, 11) is 1.35. The first-order chi connectivity index (χ1) is 13.0. The maximum absolute atomic E-state index is 13.0. The molecule has 0 unspecified atom stereocenters. The summed E-state index contributed by atoms with van der Waals surface area (Å²) in [5, 5.41) is 6.32. The SMILES string of the molecule is COC(=O)c1ccc(Nc2cc(C)nc(NCc3ccc(F)cc3)n2)cc1. The van der Waals surface area contributed by atoms with E-state index < -0.39 is 0 Å². The fourth-order valence-corrected chi connectivity index (χ4v) is 2.45. The molecule has 0 fully saturated rings. The van der Waals surface area contributed by atoms with E-state index in [4.69, 9.17) is 0 Å². The predicted molar refractivity (Wildman–Crippen MR) is 102 cm³/mol. The number of halogens is 1. The molecule has 0 amide bonds. The highest BCUT2D eigenvalue weighted by Gasteiger charge is 2.06. The van der Waals surface area contributed by atoms with Crippen LogP contribution < -0.4 is 10.6 Å². The maximum Gasteiger partial charge on any atom is 0.337 e. The molecule has 2 N–H and O–H groups in total. The molecule has 0 saturated carbocycles. The van der Waals surface area contributed by atoms with Crippen LogP contribution in [0.15, 0.2) is 54.6 Å². The minimum Gasteiger partial charge on any atom is -0.465 e. The Morgan fingerprint density at radius 3 is 2.44 bits per heavy atom. The zero-order valence-corrected chi connectivity index (χ0v) is 15.0. The molecule has 0 radical (unpaired) electrons. The van der Waals surface area contributed by atoms with Crippen molar-refractivity contribution < 1.29 is 13.9 Å². The fraction of sp³-hybridized carbons (Fsp3) is 0.150. The van der Waals surface area contributed by atoms with E-state index in [-0.39, 0.29) is 11.8 Å². The van der Waals surface area contributed by atoms with Crippen LogP contribution in [0.4, 0.5) is 21.8 Å². The number of nitrogens with one attached hydrogen (secondary N) is 2. The van der Waals surface area contributed by atoms with Crippen LogP contribution in [-0.2, 0) is 11.3 Å². The second-order valence-corrected chi connectivity index (χ2v) is 5.89. The smallest absolute Gasteiger partial charge is 0.337 e. The molecule has 6 nitrogen and oxygen atoms in total. The zero-order valence-electron chi connectivity index (χ0n) is 15.0. The lowest BCUT2D eigenvalue weighted by atomic mass is 10.2. The zero-order chi connectivity index (χ0) is 19.2. The van der Waals surface area contributed by atoms with Gasteiger partial charge in [-0.3, -0.25) is 0 Å². The molecular weight excluding hydrogens is 347 g/mol. The first kappa shape index (κ1) is 18.3. The number of hydrogen-bond donors (Lipinski definition) is 2. The lowest BCUT2D eigenvalue weighted by molar-refractivity contribution is 0.0601. The third kappa shape index (κ3) is 5.01. The van der Waals surface area contributed by atoms with Gasteiger partial charge in [0.05, 0.1) is 12.7 Å². The molecule has 3 aromatic rings. The van der Waals surface area contributed by atoms with Crippen molar-refractivity contribution in [3.05, 3.63) is 77.2 Å². The van der Waals surface area contributed by atoms with Crippen LogP contribution in [0, 0.1) is 12.7 Å². The van der Waals surface area contributed by atoms with Gasteiger partial charge in [0, 0.05) is 24.0 Å². The minimum atomic E-state index is -0.383. The van der Waals surface area contributed by atoms with Crippen LogP contribution in [0.25, 0.3) is 0 Å². The summed E-state index contributed by atoms with van der Waals surface area (Å²) in [6.07, 6.45) is 0. The lowest BCUT2D eigenvalue weighted by Gasteiger charge is -2.10. The molecule has 27 heavy (non-hydrogen) atoms. The number of ether oxygens (including phenoxy) is 1. The molecule has 0 aliphatic heterocycles. The van der Waals surface area contributed by atoms with Gasteiger partial charge >= 0.3 is 5.97 Å². The number of benzene rings is 2. The Morgan fingerprint density at radius 1 is 1.07 bits per heavy atom. The molecule has 0 saturated heterocycles. The Labute approximate surface area is 156 Å². The highest BCUT2D eigenvalue weighted by atomic mass is 19.1. The number of esters is 1. The van der Waals surface area contributed by atoms with Gasteiger partial charge in [-0.25, -0.2) is 14.2 Å². The summed E-state index contributed by atoms with van der Waals surface area (Å²) in [5.74, 6) is 0.435. The van der Waals surface area contributed by atoms with Crippen molar-refractivity contribution >= 4 is 23.4 Å². The van der Waals surface area contributed by atoms with Gasteiger partial charge in [0.25, 0.3) is 0 Å². The number of hydrogen-bond acceptors (Lipinski definition) is 6. The van der Waals surface area contributed by atoms with Gasteiger partial charge in [-0.1, -0.05) is 12.1 Å². The van der Waals surface area contributed by atoms with E-state index in [1.807, 2.05) is 13.0 Å². The second kappa shape index (κ2) is 8.27. The van der Waals surface area contributed by atoms with E-state index >= 15 is 0 Å². The Hall–Kier alpha value is -3.48. The van der Waals surface area contributed by atoms with Crippen molar-refractivity contribution in [3.8, 4) is 0 Å². The number of methoxy groups -OCH3 is 1. The second-order valence-electron chi connectivity index (χ2n) is 5.89. The monoisotopic (exact) mass is 366 g/mol. The summed E-state index contributed by atoms with van der Waals surface area (Å²) in [6.45, 7) is 2.35. The molecule has 1 heterocycles. The van der Waals surface area contributed by atoms with Crippen molar-refractivity contribution in [2.45, 2.75) is 13.5 Å². The van der Waals surface area contributed by atoms with Gasteiger partial charge < -0.3 is 15.4 Å². The summed E-state index contributed by atoms with van der Waals surface area (Å²) in [4.78, 5) is 20.3. The third-order valence-electron chi connectivity index (χ3n) is 3.80. The largest absolute Gasteiger partial charge is 0.465 e. The number of carbonyl (C=O) groups is 1. The van der Waals surface area contributed by atoms with Gasteiger partial charge in [-0.05, 0) is 48.9 Å². The van der Waals surface area contributed by atoms with E-state index in [1.165, 1.54) is 19.2 Å². The maximum atomic E-state index is 13.0. The van der Waals surface area contributed by atoms with Gasteiger partial charge in [0.15, 0.2) is 0 Å². The molecule has 0 aliphatic rings. The molecule has 0 atom stereocenters. The first-order valence-electron chi connectivity index (χ1n) is 8.33. The standard InChI is InChI=1S/C20H19FN4O2/c1-13-11-18(24-17-9-5-15(6-10-17)19(26)27-2)25-20(23-13)22-12-14-3-7-16(21)8-4-14/h3-11H,12H2,1-2H3,(H2,22,23,24,25). The molecule has 0 aliphatic carbocycles. The topological polar surface area (TPSA) is 76.1 Å². The summed E-state index contributed by atoms with van der Waals surface area (Å²) >= 11 is 0. The number of nitrogens with zero attached hydrogens (tertiary/aromatic N) is 2. The summed E-state index contributed by atoms with van der Waals surface area (Å²) < 4.78 is 17.7. The summed E-state index contributed by atoms with van der Waals surface area (Å²) in [6, 6.07) is 15.0. The fourth-order valence-electron chi connectivity index (χ4n) is 2.45. The molecular formula is C20H19FN4O2. The first-order valence-corrected chi connectivity index (χ1v) is 8.33. The Kier molecular flexibility index (Phi) is 5.61. The van der Waals surface area contributed by atoms with Crippen LogP contribution in [0.3, 0.4) is 0 Å². The van der Waals surface area contributed by atoms with Crippen molar-refractivity contribution in [1.29, 1.82) is 0 Å². The quantitative estimate of drug-likeness (QED) is 0.641. The highest BCUT2D eigenvalue weighted by molar-refractivity contribution is 5.89. The molecule has 7 heteroatoms. The van der Waals surface area contributed by atoms with Crippen LogP contribution in [0.1, 0.15) is 21.6 Å². The Bertz CT molecular complexity index is 928. The van der Waals surface area contributed by atoms with Crippen LogP contribution in [-0.4, -0.2) is 23.0 Å². The average molecular weight is 366 g/mol. The van der Waals surface area contributed by atoms with E-state index in [0.29, 0.717) is 23.9 Å². The molecule has 138 valence electrons. The normalized spacial score (nSPS) is 10.3. The average Bonchev–Trinajstić information content (AvgIpc) is 2.67. The van der Waals surface area contributed by atoms with E-state index in [9.17, 15) is 9.18 Å². The van der Waals surface area contributed by atoms with Crippen molar-refractivity contribution in [2.24, 2.45) is 0 Å². The van der Waals surface area contributed by atoms with Crippen molar-refractivity contribution in [1.82, 2.24) is 9.97 Å². The van der Waals surface area contributed by atoms with Crippen LogP contribution >= 0.6 is 0 Å². The van der Waals surface area contributed by atoms with Gasteiger partial charge in [-0.2, -0.15) is 4.98 Å². The minimum absolute atomic E-state index is 0.268. The van der Waals surface area contributed by atoms with Crippen LogP contribution in [0.5, 0.6) is 0 Å². The van der Waals surface area contributed by atoms with Gasteiger partial charge in [0.2, 0.25) is 5.95 Å². The van der Waals surface area contributed by atoms with Gasteiger partial charge in [0.1, 0.15) is 11.6 Å². The number of anilines is 3. The number of rotatable bonds is 6. The highest BCUT2D eigenvalue weighted by Crippen LogP contribution is 2.18. The molecule has 1 aromatic heterocycles. The molecule has 2 aromatic carbocycles. The number of aryl methyl sites for hydroxylation is 1. The summed E-state index contributed by atoms with van der Waals surface area (Å²) in [5.41, 5.74) is 2.98. The molecule has 0 spiro atoms. The third-order valence-corrected chi connectivity index (χ3v) is 3.80. The Morgan fingerprint density at radius 2 is 1.78 bits per heavy atom.